The lowest BCUT2D eigenvalue weighted by Crippen LogP contribution is -2.29. The third-order valence-corrected chi connectivity index (χ3v) is 3.55. The third kappa shape index (κ3) is 3.64. The molecule has 0 aromatic heterocycles. The summed E-state index contributed by atoms with van der Waals surface area (Å²) in [4.78, 5) is 0. The molecule has 1 rings (SSSR count). The van der Waals surface area contributed by atoms with Crippen molar-refractivity contribution >= 4 is 0 Å². The van der Waals surface area contributed by atoms with Crippen molar-refractivity contribution in [3.05, 3.63) is 11.6 Å². The quantitative estimate of drug-likeness (QED) is 0.601. The van der Waals surface area contributed by atoms with Crippen molar-refractivity contribution in [1.82, 2.24) is 0 Å². The number of allylic oxidation sites excluding steroid dienone is 1. The van der Waals surface area contributed by atoms with E-state index in [0.29, 0.717) is 17.9 Å². The summed E-state index contributed by atoms with van der Waals surface area (Å²) in [6.07, 6.45) is 6.84. The first-order valence-corrected chi connectivity index (χ1v) is 6.28. The Balaban J connectivity index is 2.71. The van der Waals surface area contributed by atoms with Crippen molar-refractivity contribution in [2.24, 2.45) is 17.8 Å². The fourth-order valence-corrected chi connectivity index (χ4v) is 2.37. The van der Waals surface area contributed by atoms with Gasteiger partial charge in [0.05, 0.1) is 6.10 Å². The molecule has 0 bridgehead atoms. The maximum absolute atomic E-state index is 5.72. The Kier molecular flexibility index (Phi) is 4.85. The number of hydrogen-bond acceptors (Lipinski definition) is 1. The van der Waals surface area contributed by atoms with Crippen LogP contribution in [-0.2, 0) is 4.74 Å². The molecule has 0 aliphatic heterocycles. The highest BCUT2D eigenvalue weighted by atomic mass is 16.5. The van der Waals surface area contributed by atoms with E-state index in [1.165, 1.54) is 24.8 Å². The highest BCUT2D eigenvalue weighted by Crippen LogP contribution is 2.42. The van der Waals surface area contributed by atoms with Crippen molar-refractivity contribution in [3.8, 4) is 0 Å². The second-order valence-electron chi connectivity index (χ2n) is 5.24. The van der Waals surface area contributed by atoms with Crippen LogP contribution >= 0.6 is 0 Å². The van der Waals surface area contributed by atoms with E-state index in [1.807, 2.05) is 7.11 Å². The molecule has 15 heavy (non-hydrogen) atoms. The summed E-state index contributed by atoms with van der Waals surface area (Å²) in [6.45, 7) is 8.95. The Morgan fingerprint density at radius 1 is 1.40 bits per heavy atom. The first-order valence-electron chi connectivity index (χ1n) is 6.28. The molecule has 1 saturated carbocycles. The highest BCUT2D eigenvalue weighted by Gasteiger charge is 2.37. The lowest BCUT2D eigenvalue weighted by atomic mass is 9.85. The van der Waals surface area contributed by atoms with E-state index in [2.05, 4.69) is 33.8 Å². The van der Waals surface area contributed by atoms with Gasteiger partial charge in [-0.05, 0) is 38.5 Å². The average Bonchev–Trinajstić information content (AvgIpc) is 2.99. The zero-order valence-electron chi connectivity index (χ0n) is 10.9. The topological polar surface area (TPSA) is 9.23 Å². The number of rotatable bonds is 6. The van der Waals surface area contributed by atoms with Crippen LogP contribution in [0.2, 0.25) is 0 Å². The summed E-state index contributed by atoms with van der Waals surface area (Å²) in [5, 5.41) is 0. The van der Waals surface area contributed by atoms with Crippen molar-refractivity contribution in [2.45, 2.75) is 53.1 Å². The molecule has 0 heterocycles. The van der Waals surface area contributed by atoms with E-state index in [4.69, 9.17) is 4.74 Å². The van der Waals surface area contributed by atoms with Crippen LogP contribution in [0.5, 0.6) is 0 Å². The predicted octanol–water partition coefficient (Wildman–Crippen LogP) is 4.04. The summed E-state index contributed by atoms with van der Waals surface area (Å²) in [5.41, 5.74) is 1.43. The number of ether oxygens (including phenoxy) is 1. The standard InChI is InChI=1S/C14H26O/c1-6-11(4)14(15-5)13(9-10(2)3)12-7-8-12/h9,11-14H,6-8H2,1-5H3/t11-,13?,14+/m0/s1. The molecular weight excluding hydrogens is 184 g/mol. The molecular formula is C14H26O. The molecule has 0 N–H and O–H groups in total. The Bertz CT molecular complexity index is 211. The van der Waals surface area contributed by atoms with Gasteiger partial charge < -0.3 is 4.74 Å². The molecule has 0 spiro atoms. The normalized spacial score (nSPS) is 21.9. The second kappa shape index (κ2) is 5.69. The van der Waals surface area contributed by atoms with Gasteiger partial charge in [-0.1, -0.05) is 31.9 Å². The lowest BCUT2D eigenvalue weighted by molar-refractivity contribution is 0.0184. The first kappa shape index (κ1) is 12.8. The van der Waals surface area contributed by atoms with Crippen LogP contribution in [0, 0.1) is 17.8 Å². The van der Waals surface area contributed by atoms with Gasteiger partial charge in [-0.2, -0.15) is 0 Å². The molecule has 1 fully saturated rings. The summed E-state index contributed by atoms with van der Waals surface area (Å²) in [5.74, 6) is 2.20. The van der Waals surface area contributed by atoms with Gasteiger partial charge in [-0.25, -0.2) is 0 Å². The summed E-state index contributed by atoms with van der Waals surface area (Å²) >= 11 is 0. The van der Waals surface area contributed by atoms with Gasteiger partial charge in [0.1, 0.15) is 0 Å². The molecule has 1 nitrogen and oxygen atoms in total. The monoisotopic (exact) mass is 210 g/mol. The van der Waals surface area contributed by atoms with Gasteiger partial charge in [0.25, 0.3) is 0 Å². The van der Waals surface area contributed by atoms with Gasteiger partial charge >= 0.3 is 0 Å². The highest BCUT2D eigenvalue weighted by molar-refractivity contribution is 5.05. The minimum absolute atomic E-state index is 0.414. The van der Waals surface area contributed by atoms with E-state index >= 15 is 0 Å². The molecule has 1 aliphatic rings. The van der Waals surface area contributed by atoms with Crippen LogP contribution in [0.25, 0.3) is 0 Å². The Morgan fingerprint density at radius 3 is 2.33 bits per heavy atom. The molecule has 0 aromatic rings. The van der Waals surface area contributed by atoms with Crippen molar-refractivity contribution < 1.29 is 4.74 Å². The van der Waals surface area contributed by atoms with Gasteiger partial charge in [-0.15, -0.1) is 0 Å². The Morgan fingerprint density at radius 2 is 2.00 bits per heavy atom. The zero-order chi connectivity index (χ0) is 11.4. The fraction of sp³-hybridized carbons (Fsp3) is 0.857. The first-order chi connectivity index (χ1) is 7.10. The van der Waals surface area contributed by atoms with Crippen LogP contribution in [-0.4, -0.2) is 13.2 Å². The van der Waals surface area contributed by atoms with E-state index < -0.39 is 0 Å². The van der Waals surface area contributed by atoms with E-state index in [0.717, 1.165) is 5.92 Å². The summed E-state index contributed by atoms with van der Waals surface area (Å²) in [7, 11) is 1.87. The molecule has 0 saturated heterocycles. The van der Waals surface area contributed by atoms with Crippen molar-refractivity contribution in [2.75, 3.05) is 7.11 Å². The minimum Gasteiger partial charge on any atom is -0.381 e. The zero-order valence-corrected chi connectivity index (χ0v) is 10.9. The van der Waals surface area contributed by atoms with Gasteiger partial charge in [0.15, 0.2) is 0 Å². The Labute approximate surface area is 94.9 Å². The van der Waals surface area contributed by atoms with Crippen LogP contribution in [0.4, 0.5) is 0 Å². The number of methoxy groups -OCH3 is 1. The molecule has 1 heteroatoms. The lowest BCUT2D eigenvalue weighted by Gasteiger charge is -2.29. The van der Waals surface area contributed by atoms with E-state index in [-0.39, 0.29) is 0 Å². The SMILES string of the molecule is CC[C@H](C)[C@@H](OC)C(C=C(C)C)C1CC1. The molecule has 1 unspecified atom stereocenters. The number of hydrogen-bond donors (Lipinski definition) is 0. The predicted molar refractivity (Wildman–Crippen MR) is 65.9 cm³/mol. The second-order valence-corrected chi connectivity index (χ2v) is 5.24. The molecule has 0 radical (unpaired) electrons. The summed E-state index contributed by atoms with van der Waals surface area (Å²) < 4.78 is 5.72. The Hall–Kier alpha value is -0.300. The summed E-state index contributed by atoms with van der Waals surface area (Å²) in [6, 6.07) is 0. The molecule has 88 valence electrons. The van der Waals surface area contributed by atoms with Gasteiger partial charge in [0, 0.05) is 13.0 Å². The largest absolute Gasteiger partial charge is 0.381 e. The van der Waals surface area contributed by atoms with E-state index in [9.17, 15) is 0 Å². The molecule has 0 amide bonds. The van der Waals surface area contributed by atoms with Crippen LogP contribution in [0.3, 0.4) is 0 Å². The average molecular weight is 210 g/mol. The van der Waals surface area contributed by atoms with Crippen LogP contribution in [0.15, 0.2) is 11.6 Å². The molecule has 0 aromatic carbocycles. The van der Waals surface area contributed by atoms with Crippen LogP contribution < -0.4 is 0 Å². The third-order valence-electron chi connectivity index (χ3n) is 3.55. The smallest absolute Gasteiger partial charge is 0.0662 e. The van der Waals surface area contributed by atoms with Crippen molar-refractivity contribution in [1.29, 1.82) is 0 Å². The van der Waals surface area contributed by atoms with Crippen LogP contribution in [0.1, 0.15) is 47.0 Å². The fourth-order valence-electron chi connectivity index (χ4n) is 2.37. The maximum Gasteiger partial charge on any atom is 0.0662 e. The van der Waals surface area contributed by atoms with Crippen molar-refractivity contribution in [3.63, 3.8) is 0 Å². The molecule has 3 atom stereocenters. The molecule has 1 aliphatic carbocycles. The van der Waals surface area contributed by atoms with Gasteiger partial charge in [-0.3, -0.25) is 0 Å². The minimum atomic E-state index is 0.414. The van der Waals surface area contributed by atoms with E-state index in [1.54, 1.807) is 0 Å². The van der Waals surface area contributed by atoms with Gasteiger partial charge in [0.2, 0.25) is 0 Å². The maximum atomic E-state index is 5.72.